The predicted molar refractivity (Wildman–Crippen MR) is 67.5 cm³/mol. The summed E-state index contributed by atoms with van der Waals surface area (Å²) in [6.07, 6.45) is 7.25. The normalized spacial score (nSPS) is 32.8. The second-order valence-corrected chi connectivity index (χ2v) is 5.99. The van der Waals surface area contributed by atoms with Gasteiger partial charge in [0, 0.05) is 6.04 Å². The van der Waals surface area contributed by atoms with E-state index in [0.717, 1.165) is 5.92 Å². The number of carbonyl (C=O) groups is 1. The molecular formula is C14H23NO2. The number of hydrogen-bond donors (Lipinski definition) is 1. The number of rotatable bonds is 4. The molecule has 1 fully saturated rings. The Balaban J connectivity index is 1.95. The number of fused-ring (bicyclic) bond motifs is 2. The minimum Gasteiger partial charge on any atom is -0.468 e. The summed E-state index contributed by atoms with van der Waals surface area (Å²) in [6, 6.07) is 0.351. The summed E-state index contributed by atoms with van der Waals surface area (Å²) in [5.41, 5.74) is -0.598. The van der Waals surface area contributed by atoms with E-state index in [1.165, 1.54) is 20.0 Å². The van der Waals surface area contributed by atoms with Crippen molar-refractivity contribution in [2.45, 2.75) is 45.2 Å². The smallest absolute Gasteiger partial charge is 0.325 e. The molecule has 96 valence electrons. The Kier molecular flexibility index (Phi) is 3.30. The van der Waals surface area contributed by atoms with Gasteiger partial charge >= 0.3 is 5.97 Å². The minimum absolute atomic E-state index is 0.192. The fourth-order valence-electron chi connectivity index (χ4n) is 3.39. The Labute approximate surface area is 104 Å². The zero-order valence-electron chi connectivity index (χ0n) is 11.2. The molecule has 0 aromatic rings. The number of carbonyl (C=O) groups excluding carboxylic acids is 1. The van der Waals surface area contributed by atoms with E-state index in [2.05, 4.69) is 24.4 Å². The number of allylic oxidation sites excluding steroid dienone is 2. The molecule has 0 aliphatic heterocycles. The van der Waals surface area contributed by atoms with Gasteiger partial charge in [-0.2, -0.15) is 0 Å². The van der Waals surface area contributed by atoms with Gasteiger partial charge in [0.1, 0.15) is 5.54 Å². The molecule has 2 rings (SSSR count). The molecule has 17 heavy (non-hydrogen) atoms. The topological polar surface area (TPSA) is 38.3 Å². The van der Waals surface area contributed by atoms with E-state index in [1.807, 2.05) is 13.8 Å². The third-order valence-electron chi connectivity index (χ3n) is 4.26. The van der Waals surface area contributed by atoms with Gasteiger partial charge in [-0.05, 0) is 51.4 Å². The summed E-state index contributed by atoms with van der Waals surface area (Å²) < 4.78 is 4.83. The Morgan fingerprint density at radius 2 is 2.12 bits per heavy atom. The van der Waals surface area contributed by atoms with Crippen LogP contribution in [0.5, 0.6) is 0 Å². The highest BCUT2D eigenvalue weighted by Crippen LogP contribution is 2.45. The molecular weight excluding hydrogens is 214 g/mol. The van der Waals surface area contributed by atoms with Crippen LogP contribution in [0.3, 0.4) is 0 Å². The molecule has 4 atom stereocenters. The second kappa shape index (κ2) is 4.45. The van der Waals surface area contributed by atoms with Crippen LogP contribution in [-0.4, -0.2) is 24.7 Å². The number of hydrogen-bond acceptors (Lipinski definition) is 3. The van der Waals surface area contributed by atoms with Crippen molar-refractivity contribution in [3.63, 3.8) is 0 Å². The van der Waals surface area contributed by atoms with Gasteiger partial charge in [0.15, 0.2) is 0 Å². The molecule has 0 heterocycles. The van der Waals surface area contributed by atoms with Crippen LogP contribution in [0.25, 0.3) is 0 Å². The van der Waals surface area contributed by atoms with Crippen LogP contribution < -0.4 is 5.32 Å². The third kappa shape index (κ3) is 2.39. The Morgan fingerprint density at radius 3 is 2.59 bits per heavy atom. The fraction of sp³-hybridized carbons (Fsp3) is 0.786. The molecule has 1 N–H and O–H groups in total. The van der Waals surface area contributed by atoms with Gasteiger partial charge in [-0.1, -0.05) is 12.2 Å². The van der Waals surface area contributed by atoms with Crippen molar-refractivity contribution in [2.24, 2.45) is 17.8 Å². The SMILES string of the molecule is COC(=O)C(C)(C)NC(C)C1CC2C=CC1C2. The van der Waals surface area contributed by atoms with Crippen LogP contribution in [0.2, 0.25) is 0 Å². The molecule has 1 saturated carbocycles. The number of methoxy groups -OCH3 is 1. The number of ether oxygens (including phenoxy) is 1. The maximum Gasteiger partial charge on any atom is 0.325 e. The van der Waals surface area contributed by atoms with E-state index in [9.17, 15) is 4.79 Å². The minimum atomic E-state index is -0.598. The Hall–Kier alpha value is -0.830. The molecule has 0 aromatic heterocycles. The zero-order chi connectivity index (χ0) is 12.6. The van der Waals surface area contributed by atoms with Crippen LogP contribution in [0.4, 0.5) is 0 Å². The lowest BCUT2D eigenvalue weighted by molar-refractivity contribution is -0.147. The highest BCUT2D eigenvalue weighted by molar-refractivity contribution is 5.79. The van der Waals surface area contributed by atoms with Crippen LogP contribution in [0.1, 0.15) is 33.6 Å². The quantitative estimate of drug-likeness (QED) is 0.601. The Bertz CT molecular complexity index is 335. The first-order valence-corrected chi connectivity index (χ1v) is 6.48. The summed E-state index contributed by atoms with van der Waals surface area (Å²) in [4.78, 5) is 11.6. The van der Waals surface area contributed by atoms with Crippen molar-refractivity contribution < 1.29 is 9.53 Å². The lowest BCUT2D eigenvalue weighted by atomic mass is 9.86. The third-order valence-corrected chi connectivity index (χ3v) is 4.26. The van der Waals surface area contributed by atoms with Crippen molar-refractivity contribution in [2.75, 3.05) is 7.11 Å². The second-order valence-electron chi connectivity index (χ2n) is 5.99. The van der Waals surface area contributed by atoms with Crippen molar-refractivity contribution in [3.8, 4) is 0 Å². The monoisotopic (exact) mass is 237 g/mol. The molecule has 4 unspecified atom stereocenters. The van der Waals surface area contributed by atoms with Crippen LogP contribution >= 0.6 is 0 Å². The fourth-order valence-corrected chi connectivity index (χ4v) is 3.39. The molecule has 2 aliphatic rings. The van der Waals surface area contributed by atoms with Gasteiger partial charge in [0.25, 0.3) is 0 Å². The first-order valence-electron chi connectivity index (χ1n) is 6.48. The lowest BCUT2D eigenvalue weighted by Crippen LogP contribution is -2.53. The molecule has 0 spiro atoms. The summed E-state index contributed by atoms with van der Waals surface area (Å²) in [6.45, 7) is 5.96. The molecule has 3 nitrogen and oxygen atoms in total. The van der Waals surface area contributed by atoms with E-state index in [4.69, 9.17) is 4.74 Å². The average Bonchev–Trinajstić information content (AvgIpc) is 2.88. The van der Waals surface area contributed by atoms with Gasteiger partial charge in [-0.25, -0.2) is 0 Å². The summed E-state index contributed by atoms with van der Waals surface area (Å²) in [5.74, 6) is 1.95. The van der Waals surface area contributed by atoms with Crippen molar-refractivity contribution in [3.05, 3.63) is 12.2 Å². The average molecular weight is 237 g/mol. The predicted octanol–water partition coefficient (Wildman–Crippen LogP) is 2.13. The van der Waals surface area contributed by atoms with Crippen molar-refractivity contribution in [1.29, 1.82) is 0 Å². The van der Waals surface area contributed by atoms with Gasteiger partial charge in [0.05, 0.1) is 7.11 Å². The lowest BCUT2D eigenvalue weighted by Gasteiger charge is -2.33. The summed E-state index contributed by atoms with van der Waals surface area (Å²) in [5, 5.41) is 3.43. The maximum absolute atomic E-state index is 11.6. The van der Waals surface area contributed by atoms with Crippen molar-refractivity contribution >= 4 is 5.97 Å². The number of esters is 1. The van der Waals surface area contributed by atoms with Crippen LogP contribution in [0, 0.1) is 17.8 Å². The van der Waals surface area contributed by atoms with E-state index < -0.39 is 5.54 Å². The van der Waals surface area contributed by atoms with Crippen LogP contribution in [0.15, 0.2) is 12.2 Å². The maximum atomic E-state index is 11.6. The summed E-state index contributed by atoms with van der Waals surface area (Å²) in [7, 11) is 1.44. The van der Waals surface area contributed by atoms with E-state index in [0.29, 0.717) is 17.9 Å². The van der Waals surface area contributed by atoms with Gasteiger partial charge in [-0.3, -0.25) is 10.1 Å². The van der Waals surface area contributed by atoms with Gasteiger partial charge in [-0.15, -0.1) is 0 Å². The molecule has 3 heteroatoms. The first-order chi connectivity index (χ1) is 7.94. The highest BCUT2D eigenvalue weighted by Gasteiger charge is 2.41. The van der Waals surface area contributed by atoms with Crippen LogP contribution in [-0.2, 0) is 9.53 Å². The molecule has 0 aromatic carbocycles. The van der Waals surface area contributed by atoms with Gasteiger partial charge in [0.2, 0.25) is 0 Å². The molecule has 2 aliphatic carbocycles. The molecule has 0 amide bonds. The zero-order valence-corrected chi connectivity index (χ0v) is 11.2. The van der Waals surface area contributed by atoms with E-state index in [1.54, 1.807) is 0 Å². The van der Waals surface area contributed by atoms with E-state index in [-0.39, 0.29) is 5.97 Å². The molecule has 0 saturated heterocycles. The van der Waals surface area contributed by atoms with Gasteiger partial charge < -0.3 is 4.74 Å². The van der Waals surface area contributed by atoms with E-state index >= 15 is 0 Å². The molecule has 0 radical (unpaired) electrons. The largest absolute Gasteiger partial charge is 0.468 e. The Morgan fingerprint density at radius 1 is 1.41 bits per heavy atom. The molecule has 2 bridgehead atoms. The first kappa shape index (κ1) is 12.6. The summed E-state index contributed by atoms with van der Waals surface area (Å²) >= 11 is 0. The van der Waals surface area contributed by atoms with Crippen molar-refractivity contribution in [1.82, 2.24) is 5.32 Å². The standard InChI is InChI=1S/C14H23NO2/c1-9(15-14(2,3)13(16)17-4)12-8-10-5-6-11(12)7-10/h5-6,9-12,15H,7-8H2,1-4H3. The number of nitrogens with one attached hydrogen (secondary N) is 1. The highest BCUT2D eigenvalue weighted by atomic mass is 16.5.